The summed E-state index contributed by atoms with van der Waals surface area (Å²) >= 11 is 0. The second-order valence-corrected chi connectivity index (χ2v) is 15.7. The van der Waals surface area contributed by atoms with Crippen molar-refractivity contribution in [2.45, 2.75) is 51.6 Å². The summed E-state index contributed by atoms with van der Waals surface area (Å²) in [4.78, 5) is 15.4. The highest BCUT2D eigenvalue weighted by Gasteiger charge is 2.39. The van der Waals surface area contributed by atoms with E-state index in [9.17, 15) is 15.0 Å². The Bertz CT molecular complexity index is 2480. The molecule has 0 spiro atoms. The topological polar surface area (TPSA) is 140 Å². The molecule has 5 aromatic carbocycles. The Kier molecular flexibility index (Phi) is 11.2. The Morgan fingerprint density at radius 2 is 1.15 bits per heavy atom. The molecule has 5 aromatic rings. The summed E-state index contributed by atoms with van der Waals surface area (Å²) in [6, 6.07) is 17.9. The van der Waals surface area contributed by atoms with E-state index < -0.39 is 0 Å². The van der Waals surface area contributed by atoms with Crippen molar-refractivity contribution in [2.75, 3.05) is 67.6 Å². The van der Waals surface area contributed by atoms with Gasteiger partial charge in [-0.2, -0.15) is 0 Å². The standard InChI is InChI=1S/C29H32N2O5.C19H21NO4/c1-16-7-6-8-17(2)28(16)30-25(32)15-31-10-9-18-12-24(36-5)29(33)27-20-14-23(35-4)22(34-3)13-19(20)11-21(31)26(18)27;1-22-14-8-11-6-13-17-10(4-5-20-13)7-16(24-3)19(21)18(17)12(11)9-15(14)23-2/h6-8,12-14,21,33H,9-11,15H2,1-5H3,(H,30,32);7-9,13,20-21H,4-6H2,1-3H3. The van der Waals surface area contributed by atoms with Crippen molar-refractivity contribution in [1.29, 1.82) is 0 Å². The summed E-state index contributed by atoms with van der Waals surface area (Å²) in [7, 11) is 9.64. The van der Waals surface area contributed by atoms with Gasteiger partial charge >= 0.3 is 0 Å². The van der Waals surface area contributed by atoms with Gasteiger partial charge in [-0.1, -0.05) is 18.2 Å². The molecule has 0 saturated carbocycles. The number of aryl methyl sites for hydroxylation is 2. The van der Waals surface area contributed by atoms with Crippen LogP contribution in [0.15, 0.2) is 54.6 Å². The molecule has 0 aromatic heterocycles. The molecule has 12 heteroatoms. The van der Waals surface area contributed by atoms with E-state index in [0.29, 0.717) is 40.9 Å². The van der Waals surface area contributed by atoms with Crippen molar-refractivity contribution in [3.8, 4) is 68.2 Å². The number of benzene rings is 5. The molecule has 9 rings (SSSR count). The van der Waals surface area contributed by atoms with Crippen LogP contribution in [0.4, 0.5) is 5.69 Å². The van der Waals surface area contributed by atoms with Crippen LogP contribution in [0.2, 0.25) is 0 Å². The first-order valence-corrected chi connectivity index (χ1v) is 20.2. The number of anilines is 1. The number of nitrogens with zero attached hydrogens (tertiary/aromatic N) is 1. The van der Waals surface area contributed by atoms with Gasteiger partial charge in [0.2, 0.25) is 5.91 Å². The van der Waals surface area contributed by atoms with Crippen LogP contribution in [0, 0.1) is 13.8 Å². The number of hydrogen-bond donors (Lipinski definition) is 4. The lowest BCUT2D eigenvalue weighted by Gasteiger charge is -2.42. The lowest BCUT2D eigenvalue weighted by molar-refractivity contribution is -0.118. The summed E-state index contributed by atoms with van der Waals surface area (Å²) in [6.45, 7) is 5.91. The van der Waals surface area contributed by atoms with Crippen LogP contribution in [0.3, 0.4) is 0 Å². The van der Waals surface area contributed by atoms with Crippen molar-refractivity contribution in [3.63, 3.8) is 0 Å². The van der Waals surface area contributed by atoms with Gasteiger partial charge in [0, 0.05) is 35.4 Å². The van der Waals surface area contributed by atoms with Crippen molar-refractivity contribution in [1.82, 2.24) is 10.2 Å². The zero-order valence-corrected chi connectivity index (χ0v) is 35.5. The summed E-state index contributed by atoms with van der Waals surface area (Å²) < 4.78 is 32.9. The minimum Gasteiger partial charge on any atom is -0.504 e. The Hall–Kier alpha value is -6.11. The Balaban J connectivity index is 0.000000180. The third-order valence-electron chi connectivity index (χ3n) is 12.5. The first kappa shape index (κ1) is 40.7. The van der Waals surface area contributed by atoms with Crippen LogP contribution >= 0.6 is 0 Å². The van der Waals surface area contributed by atoms with Gasteiger partial charge in [0.15, 0.2) is 46.0 Å². The molecule has 0 bridgehead atoms. The number of ether oxygens (including phenoxy) is 6. The van der Waals surface area contributed by atoms with Crippen LogP contribution in [0.5, 0.6) is 46.0 Å². The van der Waals surface area contributed by atoms with Crippen LogP contribution in [-0.2, 0) is 30.5 Å². The van der Waals surface area contributed by atoms with Crippen molar-refractivity contribution >= 4 is 11.6 Å². The fourth-order valence-electron chi connectivity index (χ4n) is 9.61. The van der Waals surface area contributed by atoms with Crippen molar-refractivity contribution < 1.29 is 43.4 Å². The Morgan fingerprint density at radius 1 is 0.667 bits per heavy atom. The van der Waals surface area contributed by atoms with E-state index in [1.165, 1.54) is 11.1 Å². The number of fused-ring (bicyclic) bond motifs is 4. The molecule has 2 atom stereocenters. The number of hydrogen-bond acceptors (Lipinski definition) is 11. The zero-order valence-electron chi connectivity index (χ0n) is 35.5. The van der Waals surface area contributed by atoms with E-state index in [2.05, 4.69) is 15.5 Å². The molecule has 2 heterocycles. The number of phenolic OH excluding ortho intramolecular Hbond substituents is 2. The molecule has 2 aliphatic carbocycles. The first-order valence-electron chi connectivity index (χ1n) is 20.2. The van der Waals surface area contributed by atoms with Gasteiger partial charge in [-0.05, 0) is 138 Å². The molecule has 4 N–H and O–H groups in total. The largest absolute Gasteiger partial charge is 0.504 e. The molecule has 1 amide bonds. The second kappa shape index (κ2) is 16.5. The molecule has 60 heavy (non-hydrogen) atoms. The van der Waals surface area contributed by atoms with Crippen LogP contribution in [0.25, 0.3) is 22.3 Å². The lowest BCUT2D eigenvalue weighted by Crippen LogP contribution is -2.42. The minimum atomic E-state index is -0.0603. The summed E-state index contributed by atoms with van der Waals surface area (Å²) in [6.07, 6.45) is 3.24. The molecule has 2 unspecified atom stereocenters. The molecule has 0 saturated heterocycles. The van der Waals surface area contributed by atoms with Crippen LogP contribution < -0.4 is 39.1 Å². The third kappa shape index (κ3) is 6.97. The molecule has 314 valence electrons. The summed E-state index contributed by atoms with van der Waals surface area (Å²) in [5.74, 6) is 3.83. The van der Waals surface area contributed by atoms with Gasteiger partial charge in [0.25, 0.3) is 0 Å². The Morgan fingerprint density at radius 3 is 1.70 bits per heavy atom. The SMILES string of the molecule is COc1cc2c(cc1OC)-c1c(O)c(OC)cc3c1C(C2)N(CC(=O)Nc1c(C)cccc1C)CC3.COc1cc2c(cc1OC)-c1c(O)c(OC)cc3c1C(C2)NCC3. The molecule has 2 aliphatic heterocycles. The van der Waals surface area contributed by atoms with Gasteiger partial charge in [0.1, 0.15) is 0 Å². The van der Waals surface area contributed by atoms with E-state index in [-0.39, 0.29) is 36.0 Å². The summed E-state index contributed by atoms with van der Waals surface area (Å²) in [5.41, 5.74) is 13.2. The van der Waals surface area contributed by atoms with E-state index in [1.54, 1.807) is 42.7 Å². The fraction of sp³-hybridized carbons (Fsp3) is 0.354. The number of phenols is 2. The monoisotopic (exact) mass is 815 g/mol. The molecule has 0 fully saturated rings. The third-order valence-corrected chi connectivity index (χ3v) is 12.5. The van der Waals surface area contributed by atoms with E-state index in [4.69, 9.17) is 28.4 Å². The summed E-state index contributed by atoms with van der Waals surface area (Å²) in [5, 5.41) is 28.8. The number of aromatic hydroxyl groups is 2. The van der Waals surface area contributed by atoms with E-state index >= 15 is 0 Å². The second-order valence-electron chi connectivity index (χ2n) is 15.7. The molecular weight excluding hydrogens is 763 g/mol. The molecule has 12 nitrogen and oxygen atoms in total. The quantitative estimate of drug-likeness (QED) is 0.117. The van der Waals surface area contributed by atoms with Gasteiger partial charge in [-0.15, -0.1) is 0 Å². The van der Waals surface area contributed by atoms with Gasteiger partial charge in [0.05, 0.1) is 49.2 Å². The maximum atomic E-state index is 13.2. The highest BCUT2D eigenvalue weighted by Crippen LogP contribution is 2.55. The number of amides is 1. The number of para-hydroxylation sites is 1. The molecule has 4 aliphatic rings. The average Bonchev–Trinajstić information content (AvgIpc) is 3.26. The fourth-order valence-corrected chi connectivity index (χ4v) is 9.61. The normalized spacial score (nSPS) is 16.7. The highest BCUT2D eigenvalue weighted by molar-refractivity contribution is 5.94. The number of nitrogens with one attached hydrogen (secondary N) is 2. The minimum absolute atomic E-state index is 0.0479. The molecular formula is C48H53N3O9. The average molecular weight is 816 g/mol. The van der Waals surface area contributed by atoms with Gasteiger partial charge in [-0.25, -0.2) is 0 Å². The maximum Gasteiger partial charge on any atom is 0.238 e. The molecule has 0 radical (unpaired) electrons. The number of rotatable bonds is 9. The number of methoxy groups -OCH3 is 6. The first-order chi connectivity index (χ1) is 29.0. The maximum absolute atomic E-state index is 13.2. The Labute approximate surface area is 351 Å². The predicted octanol–water partition coefficient (Wildman–Crippen LogP) is 7.62. The lowest BCUT2D eigenvalue weighted by atomic mass is 9.76. The zero-order chi connectivity index (χ0) is 42.4. The van der Waals surface area contributed by atoms with Gasteiger partial charge in [-0.3, -0.25) is 9.69 Å². The predicted molar refractivity (Wildman–Crippen MR) is 231 cm³/mol. The number of carbonyl (C=O) groups is 1. The van der Waals surface area contributed by atoms with Crippen molar-refractivity contribution in [2.24, 2.45) is 0 Å². The van der Waals surface area contributed by atoms with E-state index in [1.807, 2.05) is 68.4 Å². The van der Waals surface area contributed by atoms with Crippen LogP contribution in [-0.4, -0.2) is 83.3 Å². The van der Waals surface area contributed by atoms with Crippen LogP contribution in [0.1, 0.15) is 56.6 Å². The van der Waals surface area contributed by atoms with Gasteiger partial charge < -0.3 is 49.3 Å². The van der Waals surface area contributed by atoms with Crippen molar-refractivity contribution in [3.05, 3.63) is 99.1 Å². The van der Waals surface area contributed by atoms with E-state index in [0.717, 1.165) is 93.7 Å². The highest BCUT2D eigenvalue weighted by atomic mass is 16.5. The smallest absolute Gasteiger partial charge is 0.238 e. The number of carbonyl (C=O) groups excluding carboxylic acids is 1.